The average Bonchev–Trinajstić information content (AvgIpc) is 2.40. The van der Waals surface area contributed by atoms with Crippen LogP contribution in [0.1, 0.15) is 31.4 Å². The van der Waals surface area contributed by atoms with Crippen LogP contribution in [0.25, 0.3) is 0 Å². The van der Waals surface area contributed by atoms with Crippen LogP contribution in [0.2, 0.25) is 0 Å². The van der Waals surface area contributed by atoms with Crippen molar-refractivity contribution >= 4 is 12.4 Å². The Bertz CT molecular complexity index is 353. The van der Waals surface area contributed by atoms with E-state index in [9.17, 15) is 0 Å². The number of hydrogen-bond acceptors (Lipinski definition) is 3. The fourth-order valence-electron chi connectivity index (χ4n) is 2.33. The molecule has 4 heteroatoms. The van der Waals surface area contributed by atoms with Crippen molar-refractivity contribution in [2.24, 2.45) is 11.7 Å². The second-order valence-electron chi connectivity index (χ2n) is 4.48. The van der Waals surface area contributed by atoms with E-state index in [4.69, 9.17) is 15.2 Å². The van der Waals surface area contributed by atoms with Gasteiger partial charge in [-0.2, -0.15) is 0 Å². The summed E-state index contributed by atoms with van der Waals surface area (Å²) in [4.78, 5) is 0. The maximum absolute atomic E-state index is 6.32. The van der Waals surface area contributed by atoms with Gasteiger partial charge < -0.3 is 15.2 Å². The second-order valence-corrected chi connectivity index (χ2v) is 4.48. The van der Waals surface area contributed by atoms with E-state index in [1.807, 2.05) is 19.1 Å². The molecule has 102 valence electrons. The summed E-state index contributed by atoms with van der Waals surface area (Å²) >= 11 is 0. The zero-order valence-electron chi connectivity index (χ0n) is 10.8. The molecule has 1 saturated heterocycles. The van der Waals surface area contributed by atoms with Crippen molar-refractivity contribution in [1.82, 2.24) is 0 Å². The van der Waals surface area contributed by atoms with Crippen molar-refractivity contribution in [2.75, 3.05) is 19.8 Å². The van der Waals surface area contributed by atoms with Crippen LogP contribution in [0.5, 0.6) is 5.75 Å². The molecule has 0 spiro atoms. The molecule has 1 aromatic rings. The summed E-state index contributed by atoms with van der Waals surface area (Å²) < 4.78 is 10.9. The topological polar surface area (TPSA) is 44.5 Å². The summed E-state index contributed by atoms with van der Waals surface area (Å²) in [6, 6.07) is 8.23. The van der Waals surface area contributed by atoms with Crippen LogP contribution in [-0.2, 0) is 4.74 Å². The Labute approximate surface area is 115 Å². The molecule has 2 N–H and O–H groups in total. The van der Waals surface area contributed by atoms with Crippen molar-refractivity contribution in [2.45, 2.75) is 25.8 Å². The lowest BCUT2D eigenvalue weighted by atomic mass is 9.88. The lowest BCUT2D eigenvalue weighted by Gasteiger charge is -2.28. The first kappa shape index (κ1) is 15.3. The van der Waals surface area contributed by atoms with Gasteiger partial charge in [-0.05, 0) is 43.4 Å². The zero-order chi connectivity index (χ0) is 12.1. The predicted molar refractivity (Wildman–Crippen MR) is 75.3 cm³/mol. The van der Waals surface area contributed by atoms with Crippen LogP contribution >= 0.6 is 12.4 Å². The van der Waals surface area contributed by atoms with Gasteiger partial charge in [-0.1, -0.05) is 12.1 Å². The molecule has 1 aromatic carbocycles. The fourth-order valence-corrected chi connectivity index (χ4v) is 2.33. The Morgan fingerprint density at radius 3 is 2.78 bits per heavy atom. The highest BCUT2D eigenvalue weighted by Gasteiger charge is 2.22. The molecule has 0 bridgehead atoms. The van der Waals surface area contributed by atoms with Crippen molar-refractivity contribution in [3.63, 3.8) is 0 Å². The largest absolute Gasteiger partial charge is 0.494 e. The van der Waals surface area contributed by atoms with Gasteiger partial charge in [-0.25, -0.2) is 0 Å². The van der Waals surface area contributed by atoms with E-state index in [0.29, 0.717) is 12.5 Å². The smallest absolute Gasteiger partial charge is 0.119 e. The molecule has 1 aliphatic heterocycles. The summed E-state index contributed by atoms with van der Waals surface area (Å²) in [5, 5.41) is 0. The number of ether oxygens (including phenoxy) is 2. The summed E-state index contributed by atoms with van der Waals surface area (Å²) in [6.45, 7) is 4.36. The highest BCUT2D eigenvalue weighted by Crippen LogP contribution is 2.29. The number of hydrogen-bond donors (Lipinski definition) is 1. The van der Waals surface area contributed by atoms with Gasteiger partial charge in [0, 0.05) is 19.3 Å². The third-order valence-electron chi connectivity index (χ3n) is 3.33. The van der Waals surface area contributed by atoms with E-state index in [0.717, 1.165) is 31.8 Å². The van der Waals surface area contributed by atoms with Gasteiger partial charge in [0.2, 0.25) is 0 Å². The monoisotopic (exact) mass is 271 g/mol. The summed E-state index contributed by atoms with van der Waals surface area (Å²) in [5.41, 5.74) is 7.49. The molecule has 0 aromatic heterocycles. The summed E-state index contributed by atoms with van der Waals surface area (Å²) in [5.74, 6) is 1.44. The van der Waals surface area contributed by atoms with E-state index < -0.39 is 0 Å². The lowest BCUT2D eigenvalue weighted by molar-refractivity contribution is 0.0583. The van der Waals surface area contributed by atoms with Gasteiger partial charge in [0.05, 0.1) is 6.61 Å². The van der Waals surface area contributed by atoms with Gasteiger partial charge in [0.1, 0.15) is 5.75 Å². The Morgan fingerprint density at radius 1 is 1.39 bits per heavy atom. The first-order valence-electron chi connectivity index (χ1n) is 6.37. The number of nitrogens with two attached hydrogens (primary N) is 1. The van der Waals surface area contributed by atoms with Gasteiger partial charge in [0.25, 0.3) is 0 Å². The van der Waals surface area contributed by atoms with Crippen molar-refractivity contribution < 1.29 is 9.47 Å². The highest BCUT2D eigenvalue weighted by atomic mass is 35.5. The molecule has 0 amide bonds. The van der Waals surface area contributed by atoms with Crippen LogP contribution in [0.3, 0.4) is 0 Å². The first-order chi connectivity index (χ1) is 8.31. The third-order valence-corrected chi connectivity index (χ3v) is 3.33. The highest BCUT2D eigenvalue weighted by molar-refractivity contribution is 5.85. The van der Waals surface area contributed by atoms with Crippen molar-refractivity contribution in [3.05, 3.63) is 29.8 Å². The first-order valence-corrected chi connectivity index (χ1v) is 6.37. The quantitative estimate of drug-likeness (QED) is 0.916. The van der Waals surface area contributed by atoms with Crippen LogP contribution in [-0.4, -0.2) is 19.8 Å². The fraction of sp³-hybridized carbons (Fsp3) is 0.571. The zero-order valence-corrected chi connectivity index (χ0v) is 11.6. The van der Waals surface area contributed by atoms with Crippen LogP contribution < -0.4 is 10.5 Å². The Balaban J connectivity index is 0.00000162. The minimum absolute atomic E-state index is 0. The van der Waals surface area contributed by atoms with Crippen molar-refractivity contribution in [1.29, 1.82) is 0 Å². The van der Waals surface area contributed by atoms with E-state index in [1.54, 1.807) is 0 Å². The number of halogens is 1. The average molecular weight is 272 g/mol. The van der Waals surface area contributed by atoms with E-state index in [-0.39, 0.29) is 18.4 Å². The van der Waals surface area contributed by atoms with E-state index in [2.05, 4.69) is 12.1 Å². The Hall–Kier alpha value is -0.770. The molecule has 1 heterocycles. The predicted octanol–water partition coefficient (Wildman–Crippen LogP) is 2.93. The van der Waals surface area contributed by atoms with Gasteiger partial charge in [-0.3, -0.25) is 0 Å². The van der Waals surface area contributed by atoms with Gasteiger partial charge >= 0.3 is 0 Å². The minimum atomic E-state index is 0. The van der Waals surface area contributed by atoms with E-state index >= 15 is 0 Å². The van der Waals surface area contributed by atoms with Gasteiger partial charge in [-0.15, -0.1) is 12.4 Å². The Kier molecular flexibility index (Phi) is 6.47. The molecule has 0 aliphatic carbocycles. The standard InChI is InChI=1S/C14H21NO2.ClH/c1-2-17-13-5-3-4-12(10-13)14(15)11-6-8-16-9-7-11;/h3-5,10-11,14H,2,6-9,15H2,1H3;1H/t14-;/m1./s1. The second kappa shape index (κ2) is 7.62. The Morgan fingerprint density at radius 2 is 2.11 bits per heavy atom. The molecular weight excluding hydrogens is 250 g/mol. The molecule has 0 saturated carbocycles. The third kappa shape index (κ3) is 3.87. The number of benzene rings is 1. The molecule has 1 atom stereocenters. The molecule has 0 unspecified atom stereocenters. The molecule has 1 aliphatic rings. The van der Waals surface area contributed by atoms with Crippen LogP contribution in [0, 0.1) is 5.92 Å². The molecule has 0 radical (unpaired) electrons. The van der Waals surface area contributed by atoms with Crippen LogP contribution in [0.15, 0.2) is 24.3 Å². The normalized spacial score (nSPS) is 17.9. The molecule has 1 fully saturated rings. The van der Waals surface area contributed by atoms with Crippen LogP contribution in [0.4, 0.5) is 0 Å². The van der Waals surface area contributed by atoms with Crippen molar-refractivity contribution in [3.8, 4) is 5.75 Å². The maximum Gasteiger partial charge on any atom is 0.119 e. The molecule has 18 heavy (non-hydrogen) atoms. The summed E-state index contributed by atoms with van der Waals surface area (Å²) in [6.07, 6.45) is 2.11. The molecular formula is C14H22ClNO2. The maximum atomic E-state index is 6.32. The SMILES string of the molecule is CCOc1cccc([C@H](N)C2CCOCC2)c1.Cl. The van der Waals surface area contributed by atoms with Gasteiger partial charge in [0.15, 0.2) is 0 Å². The lowest BCUT2D eigenvalue weighted by Crippen LogP contribution is -2.27. The molecule has 3 nitrogen and oxygen atoms in total. The minimum Gasteiger partial charge on any atom is -0.494 e. The summed E-state index contributed by atoms with van der Waals surface area (Å²) in [7, 11) is 0. The number of rotatable bonds is 4. The van der Waals surface area contributed by atoms with E-state index in [1.165, 1.54) is 5.56 Å². The molecule has 2 rings (SSSR count).